The van der Waals surface area contributed by atoms with E-state index in [0.717, 1.165) is 10.5 Å². The van der Waals surface area contributed by atoms with Gasteiger partial charge in [-0.3, -0.25) is 14.4 Å². The van der Waals surface area contributed by atoms with Crippen molar-refractivity contribution in [1.82, 2.24) is 5.32 Å². The van der Waals surface area contributed by atoms with E-state index >= 15 is 0 Å². The predicted octanol–water partition coefficient (Wildman–Crippen LogP) is 7.19. The molecule has 0 radical (unpaired) electrons. The number of hydrogen-bond acceptors (Lipinski definition) is 6. The average molecular weight is 630 g/mol. The Bertz CT molecular complexity index is 1680. The molecule has 0 fully saturated rings. The molecule has 0 aliphatic carbocycles. The molecule has 1 unspecified atom stereocenters. The van der Waals surface area contributed by atoms with Crippen molar-refractivity contribution in [1.29, 1.82) is 0 Å². The number of rotatable bonds is 11. The Hall–Kier alpha value is -4.73. The Morgan fingerprint density at radius 1 is 0.864 bits per heavy atom. The van der Waals surface area contributed by atoms with Crippen molar-refractivity contribution < 1.29 is 23.9 Å². The van der Waals surface area contributed by atoms with Crippen LogP contribution < -0.4 is 25.4 Å². The third-order valence-electron chi connectivity index (χ3n) is 6.51. The molecule has 0 saturated heterocycles. The van der Waals surface area contributed by atoms with Crippen molar-refractivity contribution in [3.63, 3.8) is 0 Å². The Balaban J connectivity index is 1.49. The molecule has 0 bridgehead atoms. The maximum Gasteiger partial charge on any atom is 0.272 e. The standard InChI is InChI=1S/C34H32ClN3O5S/c1-21-13-14-25(35)20-28(21)37-32(39)22(2)44-27-17-15-26(16-18-27)36-34(41)29(38-33(40)23-9-6-5-7-10-23)19-24-11-8-12-30(42-3)31(24)43-4/h5-20,22H,1-4H3,(H,36,41)(H,37,39)(H,38,40)/b29-19-. The Labute approximate surface area is 265 Å². The number of halogens is 1. The van der Waals surface area contributed by atoms with Crippen LogP contribution in [0.4, 0.5) is 11.4 Å². The molecule has 0 spiro atoms. The van der Waals surface area contributed by atoms with Gasteiger partial charge in [-0.1, -0.05) is 48.0 Å². The van der Waals surface area contributed by atoms with Gasteiger partial charge in [0.25, 0.3) is 11.8 Å². The molecule has 4 aromatic carbocycles. The molecule has 10 heteroatoms. The third-order valence-corrected chi connectivity index (χ3v) is 7.86. The number of amides is 3. The molecule has 0 heterocycles. The smallest absolute Gasteiger partial charge is 0.272 e. The van der Waals surface area contributed by atoms with Crippen molar-refractivity contribution in [2.45, 2.75) is 24.0 Å². The van der Waals surface area contributed by atoms with Gasteiger partial charge >= 0.3 is 0 Å². The molecule has 4 rings (SSSR count). The van der Waals surface area contributed by atoms with Crippen molar-refractivity contribution >= 4 is 58.5 Å². The van der Waals surface area contributed by atoms with Gasteiger partial charge < -0.3 is 25.4 Å². The number of nitrogens with one attached hydrogen (secondary N) is 3. The summed E-state index contributed by atoms with van der Waals surface area (Å²) >= 11 is 7.46. The van der Waals surface area contributed by atoms with E-state index in [9.17, 15) is 14.4 Å². The average Bonchev–Trinajstić information content (AvgIpc) is 3.03. The normalized spacial score (nSPS) is 11.7. The van der Waals surface area contributed by atoms with Crippen LogP contribution in [0, 0.1) is 6.92 Å². The minimum atomic E-state index is -0.538. The van der Waals surface area contributed by atoms with Gasteiger partial charge in [0.2, 0.25) is 5.91 Å². The molecule has 3 amide bonds. The van der Waals surface area contributed by atoms with E-state index in [0.29, 0.717) is 39.0 Å². The highest BCUT2D eigenvalue weighted by atomic mass is 35.5. The number of aryl methyl sites for hydroxylation is 1. The van der Waals surface area contributed by atoms with Gasteiger partial charge in [-0.15, -0.1) is 11.8 Å². The molecule has 0 saturated carbocycles. The van der Waals surface area contributed by atoms with Crippen LogP contribution in [-0.2, 0) is 9.59 Å². The number of para-hydroxylation sites is 1. The molecule has 0 aliphatic rings. The van der Waals surface area contributed by atoms with Crippen LogP contribution in [0.5, 0.6) is 11.5 Å². The number of carbonyl (C=O) groups is 3. The lowest BCUT2D eigenvalue weighted by Crippen LogP contribution is -2.30. The molecule has 0 aromatic heterocycles. The fourth-order valence-corrected chi connectivity index (χ4v) is 5.20. The molecular weight excluding hydrogens is 598 g/mol. The van der Waals surface area contributed by atoms with Crippen molar-refractivity contribution in [3.05, 3.63) is 118 Å². The summed E-state index contributed by atoms with van der Waals surface area (Å²) in [6, 6.07) is 26.3. The maximum atomic E-state index is 13.5. The third kappa shape index (κ3) is 8.43. The van der Waals surface area contributed by atoms with Crippen LogP contribution in [0.15, 0.2) is 102 Å². The zero-order valence-corrected chi connectivity index (χ0v) is 26.2. The Morgan fingerprint density at radius 2 is 1.59 bits per heavy atom. The van der Waals surface area contributed by atoms with Gasteiger partial charge in [-0.2, -0.15) is 0 Å². The van der Waals surface area contributed by atoms with Crippen LogP contribution in [0.2, 0.25) is 5.02 Å². The van der Waals surface area contributed by atoms with E-state index in [1.807, 2.05) is 32.0 Å². The monoisotopic (exact) mass is 629 g/mol. The lowest BCUT2D eigenvalue weighted by Gasteiger charge is -2.15. The Morgan fingerprint density at radius 3 is 2.27 bits per heavy atom. The molecular formula is C34H32ClN3O5S. The number of anilines is 2. The van der Waals surface area contributed by atoms with Crippen LogP contribution >= 0.6 is 23.4 Å². The van der Waals surface area contributed by atoms with Gasteiger partial charge in [0.1, 0.15) is 5.70 Å². The van der Waals surface area contributed by atoms with Crippen LogP contribution in [0.3, 0.4) is 0 Å². The van der Waals surface area contributed by atoms with E-state index < -0.39 is 17.1 Å². The number of thioether (sulfide) groups is 1. The summed E-state index contributed by atoms with van der Waals surface area (Å²) in [5, 5.41) is 8.64. The number of ether oxygens (including phenoxy) is 2. The second-order valence-corrected chi connectivity index (χ2v) is 11.5. The molecule has 8 nitrogen and oxygen atoms in total. The summed E-state index contributed by atoms with van der Waals surface area (Å²) in [4.78, 5) is 40.1. The van der Waals surface area contributed by atoms with Crippen molar-refractivity contribution in [2.75, 3.05) is 24.9 Å². The molecule has 1 atom stereocenters. The first-order chi connectivity index (χ1) is 21.2. The highest BCUT2D eigenvalue weighted by molar-refractivity contribution is 8.00. The fourth-order valence-electron chi connectivity index (χ4n) is 4.16. The number of hydrogen-bond donors (Lipinski definition) is 3. The summed E-state index contributed by atoms with van der Waals surface area (Å²) in [5.41, 5.74) is 3.03. The number of methoxy groups -OCH3 is 2. The van der Waals surface area contributed by atoms with Crippen LogP contribution in [0.1, 0.15) is 28.4 Å². The first-order valence-corrected chi connectivity index (χ1v) is 14.9. The van der Waals surface area contributed by atoms with Crippen LogP contribution in [0.25, 0.3) is 6.08 Å². The Kier molecular flexibility index (Phi) is 11.1. The van der Waals surface area contributed by atoms with E-state index in [2.05, 4.69) is 16.0 Å². The quantitative estimate of drug-likeness (QED) is 0.120. The predicted molar refractivity (Wildman–Crippen MR) is 177 cm³/mol. The first kappa shape index (κ1) is 32.2. The van der Waals surface area contributed by atoms with Gasteiger partial charge in [0.15, 0.2) is 11.5 Å². The second kappa shape index (κ2) is 15.1. The summed E-state index contributed by atoms with van der Waals surface area (Å²) in [6.45, 7) is 3.71. The van der Waals surface area contributed by atoms with E-state index in [1.54, 1.807) is 72.8 Å². The number of benzene rings is 4. The van der Waals surface area contributed by atoms with E-state index in [-0.39, 0.29) is 11.6 Å². The molecule has 226 valence electrons. The summed E-state index contributed by atoms with van der Waals surface area (Å²) < 4.78 is 10.9. The minimum absolute atomic E-state index is 0.00506. The maximum absolute atomic E-state index is 13.5. The van der Waals surface area contributed by atoms with E-state index in [4.69, 9.17) is 21.1 Å². The molecule has 3 N–H and O–H groups in total. The minimum Gasteiger partial charge on any atom is -0.493 e. The van der Waals surface area contributed by atoms with Crippen molar-refractivity contribution in [2.24, 2.45) is 0 Å². The highest BCUT2D eigenvalue weighted by Gasteiger charge is 2.19. The fraction of sp³-hybridized carbons (Fsp3) is 0.147. The second-order valence-electron chi connectivity index (χ2n) is 9.65. The van der Waals surface area contributed by atoms with Crippen LogP contribution in [-0.4, -0.2) is 37.2 Å². The topological polar surface area (TPSA) is 106 Å². The molecule has 0 aliphatic heterocycles. The lowest BCUT2D eigenvalue weighted by molar-refractivity contribution is -0.115. The summed E-state index contributed by atoms with van der Waals surface area (Å²) in [5.74, 6) is -0.242. The van der Waals surface area contributed by atoms with Gasteiger partial charge in [0.05, 0.1) is 19.5 Å². The van der Waals surface area contributed by atoms with Gasteiger partial charge in [-0.25, -0.2) is 0 Å². The summed E-state index contributed by atoms with van der Waals surface area (Å²) in [6.07, 6.45) is 1.53. The SMILES string of the molecule is COc1cccc(/C=C(\NC(=O)c2ccccc2)C(=O)Nc2ccc(SC(C)C(=O)Nc3cc(Cl)ccc3C)cc2)c1OC. The van der Waals surface area contributed by atoms with Gasteiger partial charge in [-0.05, 0) is 80.1 Å². The van der Waals surface area contributed by atoms with Gasteiger partial charge in [0, 0.05) is 32.4 Å². The molecule has 44 heavy (non-hydrogen) atoms. The van der Waals surface area contributed by atoms with Crippen molar-refractivity contribution in [3.8, 4) is 11.5 Å². The zero-order chi connectivity index (χ0) is 31.6. The lowest BCUT2D eigenvalue weighted by atomic mass is 10.1. The zero-order valence-electron chi connectivity index (χ0n) is 24.6. The highest BCUT2D eigenvalue weighted by Crippen LogP contribution is 2.32. The largest absolute Gasteiger partial charge is 0.493 e. The summed E-state index contributed by atoms with van der Waals surface area (Å²) in [7, 11) is 3.02. The first-order valence-electron chi connectivity index (χ1n) is 13.6. The van der Waals surface area contributed by atoms with E-state index in [1.165, 1.54) is 32.1 Å². The molecule has 4 aromatic rings. The number of carbonyl (C=O) groups excluding carboxylic acids is 3.